The van der Waals surface area contributed by atoms with E-state index in [0.717, 1.165) is 17.7 Å². The summed E-state index contributed by atoms with van der Waals surface area (Å²) in [5.74, 6) is -2.12. The Morgan fingerprint density at radius 2 is 1.96 bits per heavy atom. The molecule has 0 aromatic heterocycles. The van der Waals surface area contributed by atoms with E-state index < -0.39 is 36.1 Å². The third-order valence-electron chi connectivity index (χ3n) is 3.91. The van der Waals surface area contributed by atoms with Crippen LogP contribution in [0.25, 0.3) is 0 Å². The normalized spacial score (nSPS) is 16.7. The Hall–Kier alpha value is -2.39. The van der Waals surface area contributed by atoms with Crippen molar-refractivity contribution in [3.8, 4) is 0 Å². The quantitative estimate of drug-likeness (QED) is 0.645. The number of rotatable bonds is 2. The molecule has 2 aromatic carbocycles. The van der Waals surface area contributed by atoms with Crippen LogP contribution in [0.1, 0.15) is 34.5 Å². The highest BCUT2D eigenvalue weighted by Crippen LogP contribution is 2.33. The molecule has 0 aliphatic carbocycles. The third kappa shape index (κ3) is 3.38. The topological polar surface area (TPSA) is 58.6 Å². The number of benzene rings is 2. The first kappa shape index (κ1) is 17.4. The molecule has 0 fully saturated rings. The second-order valence-electron chi connectivity index (χ2n) is 5.62. The molecule has 25 heavy (non-hydrogen) atoms. The summed E-state index contributed by atoms with van der Waals surface area (Å²) in [6.07, 6.45) is -5.20. The predicted octanol–water partition coefficient (Wildman–Crippen LogP) is 2.88. The van der Waals surface area contributed by atoms with Crippen molar-refractivity contribution in [3.63, 3.8) is 0 Å². The molecule has 0 saturated heterocycles. The predicted molar refractivity (Wildman–Crippen MR) is 82.9 cm³/mol. The summed E-state index contributed by atoms with van der Waals surface area (Å²) >= 11 is 0. The molecule has 1 aliphatic heterocycles. The Kier molecular flexibility index (Phi) is 4.30. The van der Waals surface area contributed by atoms with E-state index in [1.807, 2.05) is 0 Å². The van der Waals surface area contributed by atoms with Gasteiger partial charge >= 0.3 is 13.3 Å². The Bertz CT molecular complexity index is 841. The fourth-order valence-corrected chi connectivity index (χ4v) is 2.72. The van der Waals surface area contributed by atoms with Crippen molar-refractivity contribution in [1.29, 1.82) is 0 Å². The van der Waals surface area contributed by atoms with Gasteiger partial charge in [-0.25, -0.2) is 4.39 Å². The van der Waals surface area contributed by atoms with Gasteiger partial charge in [0.2, 0.25) is 0 Å². The Morgan fingerprint density at radius 3 is 2.64 bits per heavy atom. The monoisotopic (exact) mass is 353 g/mol. The zero-order valence-corrected chi connectivity index (χ0v) is 12.9. The van der Waals surface area contributed by atoms with Crippen molar-refractivity contribution in [2.45, 2.75) is 19.2 Å². The van der Waals surface area contributed by atoms with Crippen molar-refractivity contribution in [1.82, 2.24) is 0 Å². The number of hydrogen-bond donors (Lipinski definition) is 2. The number of carbonyl (C=O) groups is 1. The van der Waals surface area contributed by atoms with Crippen LogP contribution in [0.4, 0.5) is 23.2 Å². The average Bonchev–Trinajstić information content (AvgIpc) is 2.80. The summed E-state index contributed by atoms with van der Waals surface area (Å²) < 4.78 is 57.3. The van der Waals surface area contributed by atoms with E-state index >= 15 is 0 Å². The highest BCUT2D eigenvalue weighted by Gasteiger charge is 2.36. The SMILES string of the molecule is CC1OB(O)c2cc(NC(=O)c3ccc(F)cc3C(F)(F)F)ccc21. The molecule has 2 aromatic rings. The van der Waals surface area contributed by atoms with Crippen LogP contribution in [0.3, 0.4) is 0 Å². The molecule has 1 atom stereocenters. The number of carbonyl (C=O) groups excluding carboxylic acids is 1. The molecule has 2 N–H and O–H groups in total. The molecule has 3 rings (SSSR count). The Labute approximate surface area is 140 Å². The minimum Gasteiger partial charge on any atom is -0.423 e. The van der Waals surface area contributed by atoms with E-state index in [1.165, 1.54) is 12.1 Å². The van der Waals surface area contributed by atoms with Crippen LogP contribution in [0.15, 0.2) is 36.4 Å². The van der Waals surface area contributed by atoms with Crippen molar-refractivity contribution >= 4 is 24.2 Å². The van der Waals surface area contributed by atoms with Crippen LogP contribution < -0.4 is 10.8 Å². The minimum atomic E-state index is -4.87. The second kappa shape index (κ2) is 6.16. The Morgan fingerprint density at radius 1 is 1.24 bits per heavy atom. The number of anilines is 1. The largest absolute Gasteiger partial charge is 0.492 e. The molecule has 130 valence electrons. The van der Waals surface area contributed by atoms with Gasteiger partial charge in [0, 0.05) is 5.69 Å². The van der Waals surface area contributed by atoms with Crippen LogP contribution in [-0.4, -0.2) is 18.0 Å². The molecule has 0 radical (unpaired) electrons. The van der Waals surface area contributed by atoms with Gasteiger partial charge in [-0.05, 0) is 48.3 Å². The van der Waals surface area contributed by atoms with Gasteiger partial charge in [0.1, 0.15) is 5.82 Å². The van der Waals surface area contributed by atoms with Crippen molar-refractivity contribution < 1.29 is 32.0 Å². The van der Waals surface area contributed by atoms with Gasteiger partial charge in [-0.15, -0.1) is 0 Å². The second-order valence-corrected chi connectivity index (χ2v) is 5.62. The lowest BCUT2D eigenvalue weighted by atomic mass is 9.79. The number of amides is 1. The lowest BCUT2D eigenvalue weighted by molar-refractivity contribution is -0.138. The van der Waals surface area contributed by atoms with Crippen LogP contribution in [0.2, 0.25) is 0 Å². The van der Waals surface area contributed by atoms with Gasteiger partial charge in [0.05, 0.1) is 17.2 Å². The minimum absolute atomic E-state index is 0.193. The van der Waals surface area contributed by atoms with E-state index in [4.69, 9.17) is 4.65 Å². The van der Waals surface area contributed by atoms with E-state index in [9.17, 15) is 27.4 Å². The number of fused-ring (bicyclic) bond motifs is 1. The van der Waals surface area contributed by atoms with E-state index in [-0.39, 0.29) is 17.9 Å². The molecule has 1 amide bonds. The fourth-order valence-electron chi connectivity index (χ4n) is 2.72. The highest BCUT2D eigenvalue weighted by atomic mass is 19.4. The standard InChI is InChI=1S/C16H12BF4NO3/c1-8-11-5-3-10(7-14(11)17(24)25-8)22-15(23)12-4-2-9(18)6-13(12)16(19,20)21/h2-8,24H,1H3,(H,22,23). The fraction of sp³-hybridized carbons (Fsp3) is 0.188. The molecule has 1 aliphatic rings. The summed E-state index contributed by atoms with van der Waals surface area (Å²) in [6, 6.07) is 6.37. The number of hydrogen-bond acceptors (Lipinski definition) is 3. The first-order valence-corrected chi connectivity index (χ1v) is 7.32. The van der Waals surface area contributed by atoms with Crippen LogP contribution in [0.5, 0.6) is 0 Å². The Balaban J connectivity index is 1.91. The van der Waals surface area contributed by atoms with E-state index in [2.05, 4.69) is 5.32 Å². The molecule has 1 unspecified atom stereocenters. The van der Waals surface area contributed by atoms with Gasteiger partial charge in [0.15, 0.2) is 0 Å². The van der Waals surface area contributed by atoms with Crippen molar-refractivity contribution in [3.05, 3.63) is 58.9 Å². The maximum absolute atomic E-state index is 13.1. The molecule has 4 nitrogen and oxygen atoms in total. The molecule has 9 heteroatoms. The lowest BCUT2D eigenvalue weighted by Gasteiger charge is -2.13. The van der Waals surface area contributed by atoms with Crippen molar-refractivity contribution in [2.24, 2.45) is 0 Å². The smallest absolute Gasteiger partial charge is 0.423 e. The van der Waals surface area contributed by atoms with Crippen LogP contribution >= 0.6 is 0 Å². The summed E-state index contributed by atoms with van der Waals surface area (Å²) in [5, 5.41) is 12.1. The molecular weight excluding hydrogens is 341 g/mol. The average molecular weight is 353 g/mol. The van der Waals surface area contributed by atoms with Gasteiger partial charge in [-0.1, -0.05) is 6.07 Å². The van der Waals surface area contributed by atoms with E-state index in [1.54, 1.807) is 13.0 Å². The van der Waals surface area contributed by atoms with Crippen molar-refractivity contribution in [2.75, 3.05) is 5.32 Å². The maximum atomic E-state index is 13.1. The van der Waals surface area contributed by atoms with Crippen LogP contribution in [0, 0.1) is 5.82 Å². The summed E-state index contributed by atoms with van der Waals surface area (Å²) in [7, 11) is -1.17. The lowest BCUT2D eigenvalue weighted by Crippen LogP contribution is -2.28. The number of alkyl halides is 3. The maximum Gasteiger partial charge on any atom is 0.492 e. The van der Waals surface area contributed by atoms with E-state index in [0.29, 0.717) is 5.46 Å². The molecule has 1 heterocycles. The summed E-state index contributed by atoms with van der Waals surface area (Å²) in [6.45, 7) is 1.74. The van der Waals surface area contributed by atoms with Gasteiger partial charge < -0.3 is 15.0 Å². The third-order valence-corrected chi connectivity index (χ3v) is 3.91. The first-order chi connectivity index (χ1) is 11.7. The summed E-state index contributed by atoms with van der Waals surface area (Å²) in [5.41, 5.74) is -0.704. The molecule has 0 spiro atoms. The molecule has 0 saturated carbocycles. The van der Waals surface area contributed by atoms with Gasteiger partial charge in [0.25, 0.3) is 5.91 Å². The highest BCUT2D eigenvalue weighted by molar-refractivity contribution is 6.61. The molecular formula is C16H12BF4NO3. The summed E-state index contributed by atoms with van der Waals surface area (Å²) in [4.78, 5) is 12.2. The zero-order chi connectivity index (χ0) is 18.4. The number of halogens is 4. The number of nitrogens with one attached hydrogen (secondary N) is 1. The van der Waals surface area contributed by atoms with Gasteiger partial charge in [-0.2, -0.15) is 13.2 Å². The zero-order valence-electron chi connectivity index (χ0n) is 12.9. The van der Waals surface area contributed by atoms with Gasteiger partial charge in [-0.3, -0.25) is 4.79 Å². The first-order valence-electron chi connectivity index (χ1n) is 7.32. The molecule has 0 bridgehead atoms. The van der Waals surface area contributed by atoms with Crippen LogP contribution in [-0.2, 0) is 10.8 Å².